The molecule has 0 aromatic heterocycles. The summed E-state index contributed by atoms with van der Waals surface area (Å²) in [7, 11) is 1.62. The molecule has 0 fully saturated rings. The minimum Gasteiger partial charge on any atom is -0.497 e. The summed E-state index contributed by atoms with van der Waals surface area (Å²) >= 11 is 0. The molecule has 0 saturated carbocycles. The largest absolute Gasteiger partial charge is 0.497 e. The van der Waals surface area contributed by atoms with Crippen molar-refractivity contribution in [3.63, 3.8) is 0 Å². The summed E-state index contributed by atoms with van der Waals surface area (Å²) in [6, 6.07) is 15.8. The molecule has 0 amide bonds. The zero-order valence-corrected chi connectivity index (χ0v) is 16.6. The molecule has 0 bridgehead atoms. The topological polar surface area (TPSA) is 52.6 Å². The highest BCUT2D eigenvalue weighted by molar-refractivity contribution is 6.10. The van der Waals surface area contributed by atoms with Gasteiger partial charge in [0.05, 0.1) is 13.7 Å². The van der Waals surface area contributed by atoms with E-state index in [0.29, 0.717) is 6.42 Å². The third kappa shape index (κ3) is 4.16. The summed E-state index contributed by atoms with van der Waals surface area (Å²) in [5.41, 5.74) is 4.05. The number of rotatable bonds is 6. The number of esters is 1. The molecule has 0 aliphatic heterocycles. The summed E-state index contributed by atoms with van der Waals surface area (Å²) in [6.07, 6.45) is 3.13. The van der Waals surface area contributed by atoms with Crippen LogP contribution in [0.5, 0.6) is 5.75 Å². The van der Waals surface area contributed by atoms with E-state index in [4.69, 9.17) is 9.47 Å². The molecule has 4 nitrogen and oxygen atoms in total. The fraction of sp³-hybridized carbons (Fsp3) is 0.333. The Kier molecular flexibility index (Phi) is 6.30. The van der Waals surface area contributed by atoms with E-state index in [0.717, 1.165) is 28.9 Å². The van der Waals surface area contributed by atoms with Gasteiger partial charge in [-0.1, -0.05) is 43.3 Å². The standard InChI is InChI=1S/C24H26O4/c1-4-16-9-11-17(12-10-16)21-14-19(18-7-6-8-20(13-18)27-3)15-22(25)23(21)24(26)28-5-2/h6-13,15,21,23H,4-5,14H2,1-3H3/t21-,23+/m1/s1. The number of ether oxygens (including phenoxy) is 2. The third-order valence-corrected chi connectivity index (χ3v) is 5.26. The molecule has 0 heterocycles. The zero-order valence-electron chi connectivity index (χ0n) is 16.6. The maximum absolute atomic E-state index is 12.9. The minimum atomic E-state index is -0.804. The molecule has 146 valence electrons. The van der Waals surface area contributed by atoms with E-state index in [9.17, 15) is 9.59 Å². The maximum atomic E-state index is 12.9. The van der Waals surface area contributed by atoms with Crippen molar-refractivity contribution in [2.75, 3.05) is 13.7 Å². The van der Waals surface area contributed by atoms with Crippen LogP contribution in [-0.2, 0) is 20.7 Å². The van der Waals surface area contributed by atoms with Crippen LogP contribution >= 0.6 is 0 Å². The van der Waals surface area contributed by atoms with Crippen LogP contribution in [0.15, 0.2) is 54.6 Å². The Balaban J connectivity index is 2.01. The van der Waals surface area contributed by atoms with E-state index in [1.165, 1.54) is 5.56 Å². The Labute approximate surface area is 166 Å². The first-order chi connectivity index (χ1) is 13.6. The average Bonchev–Trinajstić information content (AvgIpc) is 2.73. The Morgan fingerprint density at radius 1 is 1.11 bits per heavy atom. The molecular weight excluding hydrogens is 352 g/mol. The SMILES string of the molecule is CCOC(=O)[C@@H]1C(=O)C=C(c2cccc(OC)c2)C[C@@H]1c1ccc(CC)cc1. The highest BCUT2D eigenvalue weighted by Crippen LogP contribution is 2.40. The van der Waals surface area contributed by atoms with E-state index in [-0.39, 0.29) is 18.3 Å². The number of hydrogen-bond donors (Lipinski definition) is 0. The zero-order chi connectivity index (χ0) is 20.1. The monoisotopic (exact) mass is 378 g/mol. The van der Waals surface area contributed by atoms with Crippen molar-refractivity contribution in [1.82, 2.24) is 0 Å². The molecule has 0 saturated heterocycles. The van der Waals surface area contributed by atoms with Crippen molar-refractivity contribution >= 4 is 17.3 Å². The molecule has 2 atom stereocenters. The van der Waals surface area contributed by atoms with Crippen LogP contribution in [-0.4, -0.2) is 25.5 Å². The number of ketones is 1. The Morgan fingerprint density at radius 2 is 1.86 bits per heavy atom. The summed E-state index contributed by atoms with van der Waals surface area (Å²) in [5, 5.41) is 0. The van der Waals surface area contributed by atoms with Crippen molar-refractivity contribution in [3.8, 4) is 5.75 Å². The van der Waals surface area contributed by atoms with Gasteiger partial charge in [0.1, 0.15) is 11.7 Å². The molecule has 1 aliphatic rings. The molecule has 2 aromatic rings. The lowest BCUT2D eigenvalue weighted by molar-refractivity contribution is -0.151. The summed E-state index contributed by atoms with van der Waals surface area (Å²) in [6.45, 7) is 4.12. The fourth-order valence-corrected chi connectivity index (χ4v) is 3.72. The van der Waals surface area contributed by atoms with Crippen LogP contribution in [0.2, 0.25) is 0 Å². The van der Waals surface area contributed by atoms with E-state index in [1.54, 1.807) is 20.1 Å². The number of allylic oxidation sites excluding steroid dienone is 2. The van der Waals surface area contributed by atoms with Crippen LogP contribution in [0.1, 0.15) is 42.9 Å². The molecule has 0 N–H and O–H groups in total. The van der Waals surface area contributed by atoms with Crippen LogP contribution in [0.3, 0.4) is 0 Å². The molecule has 2 aromatic carbocycles. The number of benzene rings is 2. The summed E-state index contributed by atoms with van der Waals surface area (Å²) < 4.78 is 10.5. The van der Waals surface area contributed by atoms with Gasteiger partial charge < -0.3 is 9.47 Å². The summed E-state index contributed by atoms with van der Waals surface area (Å²) in [5.74, 6) is -0.960. The Hall–Kier alpha value is -2.88. The highest BCUT2D eigenvalue weighted by Gasteiger charge is 2.39. The number of carbonyl (C=O) groups excluding carboxylic acids is 2. The first-order valence-corrected chi connectivity index (χ1v) is 9.71. The Bertz CT molecular complexity index is 880. The van der Waals surface area contributed by atoms with E-state index in [2.05, 4.69) is 19.1 Å². The second kappa shape index (κ2) is 8.87. The van der Waals surface area contributed by atoms with Gasteiger partial charge in [-0.15, -0.1) is 0 Å². The summed E-state index contributed by atoms with van der Waals surface area (Å²) in [4.78, 5) is 25.5. The molecular formula is C24H26O4. The molecule has 3 rings (SSSR count). The predicted molar refractivity (Wildman–Crippen MR) is 109 cm³/mol. The molecule has 0 radical (unpaired) electrons. The molecule has 28 heavy (non-hydrogen) atoms. The first kappa shape index (κ1) is 19.9. The predicted octanol–water partition coefficient (Wildman–Crippen LogP) is 4.58. The molecule has 0 spiro atoms. The van der Waals surface area contributed by atoms with Gasteiger partial charge in [0.2, 0.25) is 0 Å². The second-order valence-electron chi connectivity index (χ2n) is 6.94. The van der Waals surface area contributed by atoms with Crippen LogP contribution < -0.4 is 4.74 Å². The van der Waals surface area contributed by atoms with Crippen molar-refractivity contribution in [1.29, 1.82) is 0 Å². The van der Waals surface area contributed by atoms with E-state index in [1.807, 2.05) is 36.4 Å². The van der Waals surface area contributed by atoms with Crippen LogP contribution in [0, 0.1) is 5.92 Å². The Morgan fingerprint density at radius 3 is 2.50 bits per heavy atom. The van der Waals surface area contributed by atoms with Gasteiger partial charge >= 0.3 is 5.97 Å². The highest BCUT2D eigenvalue weighted by atomic mass is 16.5. The lowest BCUT2D eigenvalue weighted by atomic mass is 9.73. The smallest absolute Gasteiger partial charge is 0.317 e. The quantitative estimate of drug-likeness (QED) is 0.545. The molecule has 1 aliphatic carbocycles. The van der Waals surface area contributed by atoms with Crippen LogP contribution in [0.4, 0.5) is 0 Å². The van der Waals surface area contributed by atoms with Gasteiger partial charge in [0.25, 0.3) is 0 Å². The van der Waals surface area contributed by atoms with Gasteiger partial charge in [0, 0.05) is 5.92 Å². The molecule has 0 unspecified atom stereocenters. The second-order valence-corrected chi connectivity index (χ2v) is 6.94. The number of carbonyl (C=O) groups is 2. The van der Waals surface area contributed by atoms with Crippen molar-refractivity contribution < 1.29 is 19.1 Å². The van der Waals surface area contributed by atoms with Gasteiger partial charge in [-0.3, -0.25) is 9.59 Å². The third-order valence-electron chi connectivity index (χ3n) is 5.26. The minimum absolute atomic E-state index is 0.202. The van der Waals surface area contributed by atoms with E-state index >= 15 is 0 Å². The molecule has 4 heteroatoms. The van der Waals surface area contributed by atoms with E-state index < -0.39 is 11.9 Å². The number of hydrogen-bond acceptors (Lipinski definition) is 4. The van der Waals surface area contributed by atoms with Crippen molar-refractivity contribution in [2.45, 2.75) is 32.6 Å². The van der Waals surface area contributed by atoms with Gasteiger partial charge in [0.15, 0.2) is 5.78 Å². The first-order valence-electron chi connectivity index (χ1n) is 9.71. The van der Waals surface area contributed by atoms with Gasteiger partial charge in [-0.25, -0.2) is 0 Å². The van der Waals surface area contributed by atoms with Crippen molar-refractivity contribution in [3.05, 3.63) is 71.3 Å². The lowest BCUT2D eigenvalue weighted by Gasteiger charge is -2.29. The fourth-order valence-electron chi connectivity index (χ4n) is 3.72. The maximum Gasteiger partial charge on any atom is 0.317 e. The number of aryl methyl sites for hydroxylation is 1. The van der Waals surface area contributed by atoms with Crippen molar-refractivity contribution in [2.24, 2.45) is 5.92 Å². The van der Waals surface area contributed by atoms with Gasteiger partial charge in [-0.05, 0) is 60.2 Å². The van der Waals surface area contributed by atoms with Gasteiger partial charge in [-0.2, -0.15) is 0 Å². The van der Waals surface area contributed by atoms with Crippen LogP contribution in [0.25, 0.3) is 5.57 Å². The number of methoxy groups -OCH3 is 1. The normalized spacial score (nSPS) is 19.1. The lowest BCUT2D eigenvalue weighted by Crippen LogP contribution is -2.34. The average molecular weight is 378 g/mol.